The highest BCUT2D eigenvalue weighted by Gasteiger charge is 2.02. The molecular weight excluding hydrogens is 264 g/mol. The van der Waals surface area contributed by atoms with Crippen LogP contribution in [-0.4, -0.2) is 39.0 Å². The highest BCUT2D eigenvalue weighted by Crippen LogP contribution is 2.09. The monoisotopic (exact) mass is 286 g/mol. The predicted octanol–water partition coefficient (Wildman–Crippen LogP) is 1.67. The first-order chi connectivity index (χ1) is 9.38. The Morgan fingerprint density at radius 3 is 1.60 bits per heavy atom. The molecule has 0 fully saturated rings. The van der Waals surface area contributed by atoms with Crippen LogP contribution < -0.4 is 0 Å². The normalized spacial score (nSPS) is 10.2. The average Bonchev–Trinajstić information content (AvgIpc) is 2.48. The number of benzene rings is 1. The second-order valence-corrected chi connectivity index (χ2v) is 3.60. The van der Waals surface area contributed by atoms with Crippen molar-refractivity contribution in [1.29, 1.82) is 0 Å². The van der Waals surface area contributed by atoms with Gasteiger partial charge >= 0.3 is 11.9 Å². The van der Waals surface area contributed by atoms with E-state index >= 15 is 0 Å². The molecule has 0 saturated heterocycles. The first-order valence-corrected chi connectivity index (χ1v) is 6.16. The lowest BCUT2D eigenvalue weighted by molar-refractivity contribution is -0.137. The summed E-state index contributed by atoms with van der Waals surface area (Å²) in [6.45, 7) is 2.98. The van der Waals surface area contributed by atoms with Gasteiger partial charge in [-0.3, -0.25) is 9.59 Å². The van der Waals surface area contributed by atoms with Gasteiger partial charge in [0.2, 0.25) is 0 Å². The van der Waals surface area contributed by atoms with Crippen LogP contribution in [0.1, 0.15) is 38.4 Å². The Balaban J connectivity index is 0. The number of rotatable bonds is 4. The molecule has 0 aliphatic rings. The number of hydrogen-bond donors (Lipinski definition) is 4. The quantitative estimate of drug-likeness (QED) is 0.669. The summed E-state index contributed by atoms with van der Waals surface area (Å²) >= 11 is 0. The standard InChI is InChI=1S/C8H10O2.2C3H6O2/c9-6-8(10)7-4-2-1-3-5-7;2*1-2-3(4)5/h1-5,8-10H,6H2;2*2H2,1H3,(H,4,5)/t8-;;/m1../s1. The van der Waals surface area contributed by atoms with Gasteiger partial charge in [-0.25, -0.2) is 0 Å². The molecule has 6 heteroatoms. The maximum Gasteiger partial charge on any atom is 0.303 e. The molecule has 1 atom stereocenters. The zero-order valence-corrected chi connectivity index (χ0v) is 11.7. The molecule has 0 radical (unpaired) electrons. The highest BCUT2D eigenvalue weighted by molar-refractivity contribution is 5.66. The van der Waals surface area contributed by atoms with Crippen LogP contribution in [0.3, 0.4) is 0 Å². The third-order valence-electron chi connectivity index (χ3n) is 1.96. The van der Waals surface area contributed by atoms with E-state index in [0.29, 0.717) is 0 Å². The van der Waals surface area contributed by atoms with Crippen LogP contribution in [0.25, 0.3) is 0 Å². The molecule has 1 aromatic rings. The molecule has 4 N–H and O–H groups in total. The van der Waals surface area contributed by atoms with Gasteiger partial charge in [0.1, 0.15) is 6.10 Å². The van der Waals surface area contributed by atoms with Gasteiger partial charge in [-0.1, -0.05) is 44.2 Å². The summed E-state index contributed by atoms with van der Waals surface area (Å²) in [6, 6.07) is 9.08. The van der Waals surface area contributed by atoms with E-state index < -0.39 is 18.0 Å². The number of aliphatic carboxylic acids is 2. The Labute approximate surface area is 118 Å². The number of carbonyl (C=O) groups is 2. The fourth-order valence-electron chi connectivity index (χ4n) is 0.781. The minimum Gasteiger partial charge on any atom is -0.481 e. The van der Waals surface area contributed by atoms with E-state index in [1.165, 1.54) is 0 Å². The molecule has 0 bridgehead atoms. The fraction of sp³-hybridized carbons (Fsp3) is 0.429. The van der Waals surface area contributed by atoms with Crippen molar-refractivity contribution in [2.24, 2.45) is 0 Å². The van der Waals surface area contributed by atoms with Gasteiger partial charge in [-0.15, -0.1) is 0 Å². The van der Waals surface area contributed by atoms with Crippen LogP contribution in [0.5, 0.6) is 0 Å². The summed E-state index contributed by atoms with van der Waals surface area (Å²) in [6.07, 6.45) is -0.291. The third-order valence-corrected chi connectivity index (χ3v) is 1.96. The van der Waals surface area contributed by atoms with Gasteiger partial charge in [-0.05, 0) is 5.56 Å². The van der Waals surface area contributed by atoms with Crippen LogP contribution >= 0.6 is 0 Å². The molecule has 114 valence electrons. The number of aliphatic hydroxyl groups excluding tert-OH is 2. The van der Waals surface area contributed by atoms with Gasteiger partial charge < -0.3 is 20.4 Å². The Morgan fingerprint density at radius 2 is 1.35 bits per heavy atom. The van der Waals surface area contributed by atoms with E-state index in [1.54, 1.807) is 26.0 Å². The van der Waals surface area contributed by atoms with Crippen LogP contribution in [0.4, 0.5) is 0 Å². The van der Waals surface area contributed by atoms with Crippen molar-refractivity contribution in [2.45, 2.75) is 32.8 Å². The highest BCUT2D eigenvalue weighted by atomic mass is 16.4. The minimum atomic E-state index is -0.745. The van der Waals surface area contributed by atoms with Crippen molar-refractivity contribution in [1.82, 2.24) is 0 Å². The van der Waals surface area contributed by atoms with Crippen molar-refractivity contribution in [3.05, 3.63) is 35.9 Å². The van der Waals surface area contributed by atoms with Crippen molar-refractivity contribution in [2.75, 3.05) is 6.61 Å². The van der Waals surface area contributed by atoms with Crippen LogP contribution in [0, 0.1) is 0 Å². The summed E-state index contributed by atoms with van der Waals surface area (Å²) < 4.78 is 0. The summed E-state index contributed by atoms with van der Waals surface area (Å²) in [4.78, 5) is 18.7. The maximum absolute atomic E-state index is 9.37. The summed E-state index contributed by atoms with van der Waals surface area (Å²) in [7, 11) is 0. The molecule has 0 aromatic heterocycles. The second kappa shape index (κ2) is 13.5. The second-order valence-electron chi connectivity index (χ2n) is 3.60. The van der Waals surface area contributed by atoms with Crippen molar-refractivity contribution in [3.63, 3.8) is 0 Å². The van der Waals surface area contributed by atoms with E-state index in [1.807, 2.05) is 18.2 Å². The van der Waals surface area contributed by atoms with Gasteiger partial charge in [-0.2, -0.15) is 0 Å². The lowest BCUT2D eigenvalue weighted by Crippen LogP contribution is -2.01. The Kier molecular flexibility index (Phi) is 13.8. The first kappa shape index (κ1) is 20.4. The summed E-state index contributed by atoms with van der Waals surface area (Å²) in [5, 5.41) is 33.1. The molecule has 0 spiro atoms. The molecule has 0 unspecified atom stereocenters. The van der Waals surface area contributed by atoms with Crippen LogP contribution in [0.15, 0.2) is 30.3 Å². The molecule has 6 nitrogen and oxygen atoms in total. The van der Waals surface area contributed by atoms with Gasteiger partial charge in [0.25, 0.3) is 0 Å². The number of carboxylic acid groups (broad SMARTS) is 2. The molecular formula is C14H22O6. The molecule has 1 aromatic carbocycles. The molecule has 0 aliphatic heterocycles. The van der Waals surface area contributed by atoms with Crippen LogP contribution in [-0.2, 0) is 9.59 Å². The zero-order chi connectivity index (χ0) is 16.0. The largest absolute Gasteiger partial charge is 0.481 e. The molecule has 0 saturated carbocycles. The first-order valence-electron chi connectivity index (χ1n) is 6.16. The summed E-state index contributed by atoms with van der Waals surface area (Å²) in [5.41, 5.74) is 0.755. The van der Waals surface area contributed by atoms with E-state index in [9.17, 15) is 9.59 Å². The molecule has 0 heterocycles. The summed E-state index contributed by atoms with van der Waals surface area (Å²) in [5.74, 6) is -1.49. The van der Waals surface area contributed by atoms with Crippen molar-refractivity contribution in [3.8, 4) is 0 Å². The average molecular weight is 286 g/mol. The Hall–Kier alpha value is -1.92. The fourth-order valence-corrected chi connectivity index (χ4v) is 0.781. The Morgan fingerprint density at radius 1 is 1.00 bits per heavy atom. The van der Waals surface area contributed by atoms with Crippen molar-refractivity contribution >= 4 is 11.9 Å². The third kappa shape index (κ3) is 14.1. The van der Waals surface area contributed by atoms with E-state index in [2.05, 4.69) is 0 Å². The number of aliphatic hydroxyl groups is 2. The number of hydrogen-bond acceptors (Lipinski definition) is 4. The molecule has 0 aliphatic carbocycles. The van der Waals surface area contributed by atoms with Gasteiger partial charge in [0.15, 0.2) is 0 Å². The van der Waals surface area contributed by atoms with Crippen LogP contribution in [0.2, 0.25) is 0 Å². The maximum atomic E-state index is 9.37. The smallest absolute Gasteiger partial charge is 0.303 e. The lowest BCUT2D eigenvalue weighted by atomic mass is 10.1. The number of carboxylic acids is 2. The lowest BCUT2D eigenvalue weighted by Gasteiger charge is -2.05. The van der Waals surface area contributed by atoms with E-state index in [0.717, 1.165) is 5.56 Å². The van der Waals surface area contributed by atoms with Gasteiger partial charge in [0, 0.05) is 12.8 Å². The SMILES string of the molecule is CCC(=O)O.CCC(=O)O.OC[C@@H](O)c1ccccc1. The molecule has 0 amide bonds. The topological polar surface area (TPSA) is 115 Å². The Bertz CT molecular complexity index is 349. The van der Waals surface area contributed by atoms with E-state index in [-0.39, 0.29) is 19.4 Å². The zero-order valence-electron chi connectivity index (χ0n) is 11.7. The predicted molar refractivity (Wildman–Crippen MR) is 74.3 cm³/mol. The molecule has 20 heavy (non-hydrogen) atoms. The van der Waals surface area contributed by atoms with Gasteiger partial charge in [0.05, 0.1) is 6.61 Å². The minimum absolute atomic E-state index is 0.218. The van der Waals surface area contributed by atoms with Crippen molar-refractivity contribution < 1.29 is 30.0 Å². The van der Waals surface area contributed by atoms with E-state index in [4.69, 9.17) is 20.4 Å². The molecule has 1 rings (SSSR count).